The van der Waals surface area contributed by atoms with Gasteiger partial charge < -0.3 is 4.74 Å². The molecule has 0 saturated heterocycles. The van der Waals surface area contributed by atoms with E-state index >= 15 is 0 Å². The van der Waals surface area contributed by atoms with Crippen LogP contribution in [0.25, 0.3) is 0 Å². The van der Waals surface area contributed by atoms with Gasteiger partial charge in [-0.15, -0.1) is 0 Å². The summed E-state index contributed by atoms with van der Waals surface area (Å²) in [5.74, 6) is 0.650. The summed E-state index contributed by atoms with van der Waals surface area (Å²) >= 11 is 0. The summed E-state index contributed by atoms with van der Waals surface area (Å²) in [7, 11) is 1.74. The number of hydrogen-bond acceptors (Lipinski definition) is 2. The Hall–Kier alpha value is -0.630. The van der Waals surface area contributed by atoms with E-state index in [9.17, 15) is 0 Å². The molecule has 0 amide bonds. The quantitative estimate of drug-likeness (QED) is 0.590. The highest BCUT2D eigenvalue weighted by atomic mass is 16.5. The highest BCUT2D eigenvalue weighted by molar-refractivity contribution is 5.79. The molecule has 0 spiro atoms. The predicted molar refractivity (Wildman–Crippen MR) is 65.6 cm³/mol. The van der Waals surface area contributed by atoms with Crippen LogP contribution in [0.2, 0.25) is 0 Å². The van der Waals surface area contributed by atoms with Crippen LogP contribution in [0, 0.1) is 5.92 Å². The van der Waals surface area contributed by atoms with Gasteiger partial charge in [0.15, 0.2) is 0 Å². The fourth-order valence-corrected chi connectivity index (χ4v) is 1.96. The summed E-state index contributed by atoms with van der Waals surface area (Å²) in [5, 5.41) is 0. The first-order valence-corrected chi connectivity index (χ1v) is 6.06. The maximum atomic E-state index is 5.11. The highest BCUT2D eigenvalue weighted by Crippen LogP contribution is 2.17. The van der Waals surface area contributed by atoms with Gasteiger partial charge in [-0.05, 0) is 17.9 Å². The van der Waals surface area contributed by atoms with Gasteiger partial charge in [-0.2, -0.15) is 0 Å². The monoisotopic (exact) mass is 209 g/mol. The number of unbranched alkanes of at least 4 members (excludes halogenated alkanes) is 3. The Labute approximate surface area is 93.4 Å². The maximum Gasteiger partial charge on any atom is 0.0724 e. The van der Waals surface area contributed by atoms with Crippen molar-refractivity contribution >= 4 is 6.21 Å². The second kappa shape index (κ2) is 7.63. The van der Waals surface area contributed by atoms with Crippen LogP contribution < -0.4 is 0 Å². The SMILES string of the molecule is CCCCCCC1C=C(COC)C=NC1. The van der Waals surface area contributed by atoms with Crippen LogP contribution in [0.15, 0.2) is 16.6 Å². The van der Waals surface area contributed by atoms with Crippen molar-refractivity contribution in [1.29, 1.82) is 0 Å². The summed E-state index contributed by atoms with van der Waals surface area (Å²) < 4.78 is 5.11. The van der Waals surface area contributed by atoms with Crippen molar-refractivity contribution in [3.8, 4) is 0 Å². The van der Waals surface area contributed by atoms with E-state index in [4.69, 9.17) is 4.74 Å². The van der Waals surface area contributed by atoms with Gasteiger partial charge in [0.1, 0.15) is 0 Å². The van der Waals surface area contributed by atoms with Crippen LogP contribution in [0.4, 0.5) is 0 Å². The number of ether oxygens (including phenoxy) is 1. The molecule has 1 unspecified atom stereocenters. The average Bonchev–Trinajstić information content (AvgIpc) is 2.26. The molecule has 0 radical (unpaired) electrons. The number of methoxy groups -OCH3 is 1. The summed E-state index contributed by atoms with van der Waals surface area (Å²) in [4.78, 5) is 4.38. The number of aliphatic imine (C=N–C) groups is 1. The Kier molecular flexibility index (Phi) is 6.33. The van der Waals surface area contributed by atoms with Crippen molar-refractivity contribution in [1.82, 2.24) is 0 Å². The fourth-order valence-electron chi connectivity index (χ4n) is 1.96. The van der Waals surface area contributed by atoms with Gasteiger partial charge in [-0.3, -0.25) is 4.99 Å². The van der Waals surface area contributed by atoms with E-state index in [2.05, 4.69) is 18.0 Å². The summed E-state index contributed by atoms with van der Waals surface area (Å²) in [6.45, 7) is 3.93. The van der Waals surface area contributed by atoms with Gasteiger partial charge in [0.2, 0.25) is 0 Å². The van der Waals surface area contributed by atoms with Crippen molar-refractivity contribution in [3.63, 3.8) is 0 Å². The van der Waals surface area contributed by atoms with Gasteiger partial charge in [-0.1, -0.05) is 38.7 Å². The smallest absolute Gasteiger partial charge is 0.0724 e. The molecular formula is C13H23NO. The number of dihydropyridines is 1. The van der Waals surface area contributed by atoms with Crippen LogP contribution in [0.1, 0.15) is 39.0 Å². The van der Waals surface area contributed by atoms with Gasteiger partial charge in [0.05, 0.1) is 6.61 Å². The Morgan fingerprint density at radius 1 is 1.40 bits per heavy atom. The number of nitrogens with zero attached hydrogens (tertiary/aromatic N) is 1. The van der Waals surface area contributed by atoms with Crippen LogP contribution >= 0.6 is 0 Å². The first-order chi connectivity index (χ1) is 7.36. The van der Waals surface area contributed by atoms with Gasteiger partial charge in [0.25, 0.3) is 0 Å². The van der Waals surface area contributed by atoms with Crippen LogP contribution in [0.5, 0.6) is 0 Å². The molecule has 1 heterocycles. The molecule has 0 aromatic carbocycles. The molecule has 15 heavy (non-hydrogen) atoms. The van der Waals surface area contributed by atoms with Gasteiger partial charge in [0, 0.05) is 19.9 Å². The molecule has 86 valence electrons. The Morgan fingerprint density at radius 2 is 2.27 bits per heavy atom. The summed E-state index contributed by atoms with van der Waals surface area (Å²) in [5.41, 5.74) is 1.24. The third-order valence-electron chi connectivity index (χ3n) is 2.79. The normalized spacial score (nSPS) is 20.4. The van der Waals surface area contributed by atoms with Crippen LogP contribution in [0.3, 0.4) is 0 Å². The van der Waals surface area contributed by atoms with Crippen LogP contribution in [-0.2, 0) is 4.74 Å². The number of hydrogen-bond donors (Lipinski definition) is 0. The molecule has 1 aliphatic heterocycles. The molecule has 0 aliphatic carbocycles. The molecule has 0 saturated carbocycles. The third kappa shape index (κ3) is 5.12. The standard InChI is InChI=1S/C13H23NO/c1-3-4-5-6-7-12-8-13(11-15-2)10-14-9-12/h8,10,12H,3-7,9,11H2,1-2H3. The molecule has 1 rings (SSSR count). The Morgan fingerprint density at radius 3 is 3.00 bits per heavy atom. The minimum atomic E-state index is 0.650. The zero-order valence-electron chi connectivity index (χ0n) is 10.0. The van der Waals surface area contributed by atoms with Crippen molar-refractivity contribution in [2.45, 2.75) is 39.0 Å². The van der Waals surface area contributed by atoms with Gasteiger partial charge in [-0.25, -0.2) is 0 Å². The Balaban J connectivity index is 2.22. The lowest BCUT2D eigenvalue weighted by Gasteiger charge is -2.15. The molecule has 0 fully saturated rings. The van der Waals surface area contributed by atoms with E-state index in [0.717, 1.165) is 6.54 Å². The fraction of sp³-hybridized carbons (Fsp3) is 0.769. The second-order valence-corrected chi connectivity index (χ2v) is 4.28. The maximum absolute atomic E-state index is 5.11. The molecule has 1 aliphatic rings. The second-order valence-electron chi connectivity index (χ2n) is 4.28. The lowest BCUT2D eigenvalue weighted by molar-refractivity contribution is 0.229. The minimum absolute atomic E-state index is 0.650. The van der Waals surface area contributed by atoms with Gasteiger partial charge >= 0.3 is 0 Å². The van der Waals surface area contributed by atoms with E-state index in [1.807, 2.05) is 6.21 Å². The summed E-state index contributed by atoms with van der Waals surface area (Å²) in [6, 6.07) is 0. The van der Waals surface area contributed by atoms with E-state index in [0.29, 0.717) is 12.5 Å². The molecule has 0 bridgehead atoms. The highest BCUT2D eigenvalue weighted by Gasteiger charge is 2.09. The Bertz CT molecular complexity index is 221. The third-order valence-corrected chi connectivity index (χ3v) is 2.79. The van der Waals surface area contributed by atoms with Crippen molar-refractivity contribution < 1.29 is 4.74 Å². The lowest BCUT2D eigenvalue weighted by Crippen LogP contribution is -2.10. The molecule has 2 nitrogen and oxygen atoms in total. The first-order valence-electron chi connectivity index (χ1n) is 6.06. The zero-order chi connectivity index (χ0) is 10.9. The van der Waals surface area contributed by atoms with E-state index in [1.54, 1.807) is 7.11 Å². The van der Waals surface area contributed by atoms with Crippen molar-refractivity contribution in [2.75, 3.05) is 20.3 Å². The largest absolute Gasteiger partial charge is 0.380 e. The van der Waals surface area contributed by atoms with Crippen molar-refractivity contribution in [2.24, 2.45) is 10.9 Å². The first kappa shape index (κ1) is 12.4. The molecule has 0 N–H and O–H groups in total. The average molecular weight is 209 g/mol. The predicted octanol–water partition coefficient (Wildman–Crippen LogP) is 3.23. The zero-order valence-corrected chi connectivity index (χ0v) is 10.0. The topological polar surface area (TPSA) is 21.6 Å². The van der Waals surface area contributed by atoms with E-state index < -0.39 is 0 Å². The molecule has 0 aromatic rings. The lowest BCUT2D eigenvalue weighted by atomic mass is 9.97. The van der Waals surface area contributed by atoms with Crippen LogP contribution in [-0.4, -0.2) is 26.5 Å². The van der Waals surface area contributed by atoms with Crippen molar-refractivity contribution in [3.05, 3.63) is 11.6 Å². The molecule has 1 atom stereocenters. The molecular weight excluding hydrogens is 186 g/mol. The number of rotatable bonds is 7. The molecule has 2 heteroatoms. The minimum Gasteiger partial charge on any atom is -0.380 e. The van der Waals surface area contributed by atoms with E-state index in [1.165, 1.54) is 37.7 Å². The molecule has 0 aromatic heterocycles. The summed E-state index contributed by atoms with van der Waals surface area (Å²) in [6.07, 6.45) is 11.0. The van der Waals surface area contributed by atoms with E-state index in [-0.39, 0.29) is 0 Å².